The van der Waals surface area contributed by atoms with Gasteiger partial charge in [0.25, 0.3) is 0 Å². The lowest BCUT2D eigenvalue weighted by Gasteiger charge is -2.34. The third-order valence-electron chi connectivity index (χ3n) is 4.31. The molecule has 1 aliphatic rings. The fourth-order valence-corrected chi connectivity index (χ4v) is 4.01. The molecule has 2 atom stereocenters. The van der Waals surface area contributed by atoms with Gasteiger partial charge in [0.1, 0.15) is 11.7 Å². The number of hydrogen-bond acceptors (Lipinski definition) is 4. The van der Waals surface area contributed by atoms with E-state index in [1.807, 2.05) is 19.1 Å². The van der Waals surface area contributed by atoms with Crippen molar-refractivity contribution in [3.63, 3.8) is 0 Å². The van der Waals surface area contributed by atoms with Crippen molar-refractivity contribution >= 4 is 28.8 Å². The maximum Gasteiger partial charge on any atom is 0.249 e. The highest BCUT2D eigenvalue weighted by Crippen LogP contribution is 2.35. The minimum atomic E-state index is -1.10. The molecular formula is C18H20ClNO3S. The minimum absolute atomic E-state index is 0.254. The second-order valence-electron chi connectivity index (χ2n) is 6.15. The quantitative estimate of drug-likeness (QED) is 0.856. The van der Waals surface area contributed by atoms with Gasteiger partial charge in [-0.2, -0.15) is 0 Å². The van der Waals surface area contributed by atoms with Gasteiger partial charge in [-0.1, -0.05) is 23.7 Å². The monoisotopic (exact) mass is 365 g/mol. The summed E-state index contributed by atoms with van der Waals surface area (Å²) in [5.74, 6) is -0.392. The van der Waals surface area contributed by atoms with Gasteiger partial charge in [0.2, 0.25) is 5.91 Å². The molecule has 0 saturated carbocycles. The zero-order chi connectivity index (χ0) is 17.2. The Bertz CT molecular complexity index is 715. The lowest BCUT2D eigenvalue weighted by molar-refractivity contribution is -0.131. The van der Waals surface area contributed by atoms with E-state index in [9.17, 15) is 9.90 Å². The number of carbonyl (C=O) groups excluding carboxylic acids is 1. The number of amides is 1. The first kappa shape index (κ1) is 17.4. The molecule has 2 unspecified atom stereocenters. The van der Waals surface area contributed by atoms with Gasteiger partial charge in [-0.05, 0) is 41.6 Å². The molecule has 1 aromatic carbocycles. The highest BCUT2D eigenvalue weighted by molar-refractivity contribution is 7.10. The van der Waals surface area contributed by atoms with Gasteiger partial charge in [0.15, 0.2) is 0 Å². The van der Waals surface area contributed by atoms with E-state index in [1.165, 1.54) is 4.88 Å². The second-order valence-corrected chi connectivity index (χ2v) is 7.59. The van der Waals surface area contributed by atoms with E-state index < -0.39 is 17.6 Å². The Morgan fingerprint density at radius 1 is 1.42 bits per heavy atom. The van der Waals surface area contributed by atoms with Gasteiger partial charge in [-0.15, -0.1) is 11.3 Å². The molecule has 0 saturated heterocycles. The Morgan fingerprint density at radius 2 is 2.17 bits per heavy atom. The van der Waals surface area contributed by atoms with Crippen molar-refractivity contribution in [2.24, 2.45) is 0 Å². The average molecular weight is 366 g/mol. The third kappa shape index (κ3) is 3.81. The van der Waals surface area contributed by atoms with E-state index in [0.29, 0.717) is 18.2 Å². The Kier molecular flexibility index (Phi) is 5.25. The van der Waals surface area contributed by atoms with Crippen LogP contribution >= 0.6 is 22.9 Å². The molecule has 3 rings (SSSR count). The van der Waals surface area contributed by atoms with Crippen LogP contribution < -0.4 is 5.32 Å². The highest BCUT2D eigenvalue weighted by atomic mass is 35.5. The van der Waals surface area contributed by atoms with E-state index in [4.69, 9.17) is 16.3 Å². The fraction of sp³-hybridized carbons (Fsp3) is 0.389. The molecule has 24 heavy (non-hydrogen) atoms. The summed E-state index contributed by atoms with van der Waals surface area (Å²) >= 11 is 7.56. The molecule has 1 amide bonds. The second kappa shape index (κ2) is 7.23. The summed E-state index contributed by atoms with van der Waals surface area (Å²) in [5, 5.41) is 15.6. The zero-order valence-corrected chi connectivity index (χ0v) is 15.0. The number of ether oxygens (including phenoxy) is 1. The molecule has 4 nitrogen and oxygen atoms in total. The molecule has 2 N–H and O–H groups in total. The number of aliphatic hydroxyl groups excluding tert-OH is 1. The van der Waals surface area contributed by atoms with Crippen molar-refractivity contribution in [1.29, 1.82) is 0 Å². The van der Waals surface area contributed by atoms with Crippen molar-refractivity contribution in [3.8, 4) is 0 Å². The molecule has 128 valence electrons. The zero-order valence-electron chi connectivity index (χ0n) is 13.4. The number of fused-ring (bicyclic) bond motifs is 1. The maximum atomic E-state index is 12.2. The van der Waals surface area contributed by atoms with Crippen LogP contribution in [0.4, 0.5) is 0 Å². The van der Waals surface area contributed by atoms with Crippen LogP contribution in [0.3, 0.4) is 0 Å². The number of rotatable bonds is 5. The molecule has 0 bridgehead atoms. The summed E-state index contributed by atoms with van der Waals surface area (Å²) in [6.07, 6.45) is 0.0697. The summed E-state index contributed by atoms with van der Waals surface area (Å²) in [6, 6.07) is 9.16. The Labute approximate surface area is 150 Å². The largest absolute Gasteiger partial charge is 0.383 e. The Balaban J connectivity index is 1.58. The van der Waals surface area contributed by atoms with Crippen LogP contribution in [0.5, 0.6) is 0 Å². The molecule has 0 spiro atoms. The summed E-state index contributed by atoms with van der Waals surface area (Å²) < 4.78 is 5.91. The van der Waals surface area contributed by atoms with Crippen LogP contribution in [-0.2, 0) is 28.0 Å². The van der Waals surface area contributed by atoms with Crippen LogP contribution in [0.25, 0.3) is 0 Å². The Morgan fingerprint density at radius 3 is 2.92 bits per heavy atom. The smallest absolute Gasteiger partial charge is 0.249 e. The van der Waals surface area contributed by atoms with Crippen molar-refractivity contribution in [3.05, 3.63) is 56.7 Å². The third-order valence-corrected chi connectivity index (χ3v) is 5.54. The van der Waals surface area contributed by atoms with E-state index in [1.54, 1.807) is 23.5 Å². The van der Waals surface area contributed by atoms with Crippen LogP contribution in [0, 0.1) is 0 Å². The molecule has 2 aromatic rings. The fourth-order valence-electron chi connectivity index (χ4n) is 2.91. The number of nitrogens with one attached hydrogen (secondary N) is 1. The summed E-state index contributed by atoms with van der Waals surface area (Å²) in [4.78, 5) is 13.5. The number of benzene rings is 1. The molecule has 0 fully saturated rings. The van der Waals surface area contributed by atoms with Gasteiger partial charge in [-0.3, -0.25) is 4.79 Å². The van der Waals surface area contributed by atoms with Crippen molar-refractivity contribution in [1.82, 2.24) is 5.32 Å². The molecule has 6 heteroatoms. The molecule has 1 aromatic heterocycles. The van der Waals surface area contributed by atoms with Gasteiger partial charge < -0.3 is 15.2 Å². The van der Waals surface area contributed by atoms with Crippen molar-refractivity contribution in [2.75, 3.05) is 13.2 Å². The molecule has 1 aliphatic heterocycles. The molecule has 0 radical (unpaired) electrons. The molecular weight excluding hydrogens is 346 g/mol. The average Bonchev–Trinajstić information content (AvgIpc) is 3.05. The Hall–Kier alpha value is -1.40. The van der Waals surface area contributed by atoms with Gasteiger partial charge in [0.05, 0.1) is 13.2 Å². The lowest BCUT2D eigenvalue weighted by atomic mass is 9.93. The van der Waals surface area contributed by atoms with Crippen LogP contribution in [0.1, 0.15) is 22.9 Å². The highest BCUT2D eigenvalue weighted by Gasteiger charge is 2.34. The van der Waals surface area contributed by atoms with Crippen molar-refractivity contribution in [2.45, 2.75) is 31.5 Å². The van der Waals surface area contributed by atoms with E-state index in [-0.39, 0.29) is 6.42 Å². The van der Waals surface area contributed by atoms with E-state index in [2.05, 4.69) is 16.8 Å². The molecule has 2 heterocycles. The predicted molar refractivity (Wildman–Crippen MR) is 95.5 cm³/mol. The predicted octanol–water partition coefficient (Wildman–Crippen LogP) is 2.91. The first-order valence-corrected chi connectivity index (χ1v) is 9.15. The van der Waals surface area contributed by atoms with Gasteiger partial charge in [-0.25, -0.2) is 0 Å². The topological polar surface area (TPSA) is 58.6 Å². The number of aliphatic hydroxyl groups is 1. The number of halogens is 1. The summed E-state index contributed by atoms with van der Waals surface area (Å²) in [5.41, 5.74) is 1.46. The van der Waals surface area contributed by atoms with Crippen LogP contribution in [-0.4, -0.2) is 30.3 Å². The number of carbonyl (C=O) groups is 1. The number of thiophene rings is 1. The summed E-state index contributed by atoms with van der Waals surface area (Å²) in [7, 11) is 0. The molecule has 0 aliphatic carbocycles. The first-order chi connectivity index (χ1) is 11.5. The lowest BCUT2D eigenvalue weighted by Crippen LogP contribution is -2.46. The van der Waals surface area contributed by atoms with E-state index >= 15 is 0 Å². The summed E-state index contributed by atoms with van der Waals surface area (Å²) in [6.45, 7) is 2.96. The van der Waals surface area contributed by atoms with Gasteiger partial charge >= 0.3 is 0 Å². The number of hydrogen-bond donors (Lipinski definition) is 2. The standard InChI is InChI=1S/C18H20ClNO3S/c1-18(14-7-9-24-16(14)6-8-23-18)11-20-17(22)15(21)10-12-2-4-13(19)5-3-12/h2-5,7,9,15,21H,6,8,10-11H2,1H3,(H,20,22). The SMILES string of the molecule is CC1(CNC(=O)C(O)Cc2ccc(Cl)cc2)OCCc2sccc21. The van der Waals surface area contributed by atoms with E-state index in [0.717, 1.165) is 17.5 Å². The van der Waals surface area contributed by atoms with Crippen molar-refractivity contribution < 1.29 is 14.6 Å². The van der Waals surface area contributed by atoms with Crippen LogP contribution in [0.15, 0.2) is 35.7 Å². The maximum absolute atomic E-state index is 12.2. The van der Waals surface area contributed by atoms with Crippen LogP contribution in [0.2, 0.25) is 5.02 Å². The van der Waals surface area contributed by atoms with Gasteiger partial charge in [0, 0.05) is 22.7 Å². The normalized spacial score (nSPS) is 21.1. The first-order valence-electron chi connectivity index (χ1n) is 7.89. The minimum Gasteiger partial charge on any atom is -0.383 e.